The topological polar surface area (TPSA) is 64.6 Å². The molecule has 0 unspecified atom stereocenters. The van der Waals surface area contributed by atoms with Crippen molar-refractivity contribution in [3.63, 3.8) is 0 Å². The molecule has 0 aromatic carbocycles. The summed E-state index contributed by atoms with van der Waals surface area (Å²) in [6, 6.07) is 1.63. The first-order chi connectivity index (χ1) is 8.54. The van der Waals surface area contributed by atoms with Crippen molar-refractivity contribution in [3.8, 4) is 0 Å². The average Bonchev–Trinajstić information content (AvgIpc) is 2.75. The number of nitrogens with one attached hydrogen (secondary N) is 1. The van der Waals surface area contributed by atoms with Gasteiger partial charge in [-0.1, -0.05) is 0 Å². The Morgan fingerprint density at radius 1 is 1.44 bits per heavy atom. The van der Waals surface area contributed by atoms with Gasteiger partial charge in [0.2, 0.25) is 0 Å². The van der Waals surface area contributed by atoms with Crippen LogP contribution >= 0.6 is 11.3 Å². The SMILES string of the molecule is CCOC(=O)c1ccsc1NC(=O)COC(C)C. The Balaban J connectivity index is 2.59. The van der Waals surface area contributed by atoms with Crippen LogP contribution in [0.4, 0.5) is 5.00 Å². The zero-order valence-corrected chi connectivity index (χ0v) is 11.5. The van der Waals surface area contributed by atoms with Crippen molar-refractivity contribution in [2.24, 2.45) is 0 Å². The maximum absolute atomic E-state index is 11.6. The Labute approximate surface area is 110 Å². The zero-order valence-electron chi connectivity index (χ0n) is 10.7. The monoisotopic (exact) mass is 271 g/mol. The van der Waals surface area contributed by atoms with Crippen molar-refractivity contribution in [2.45, 2.75) is 26.9 Å². The number of hydrogen-bond acceptors (Lipinski definition) is 5. The summed E-state index contributed by atoms with van der Waals surface area (Å²) in [4.78, 5) is 23.1. The predicted molar refractivity (Wildman–Crippen MR) is 70.0 cm³/mol. The van der Waals surface area contributed by atoms with Gasteiger partial charge in [-0.15, -0.1) is 11.3 Å². The Kier molecular flexibility index (Phi) is 5.80. The third-order valence-corrected chi connectivity index (χ3v) is 2.79. The maximum Gasteiger partial charge on any atom is 0.341 e. The van der Waals surface area contributed by atoms with Crippen molar-refractivity contribution < 1.29 is 19.1 Å². The van der Waals surface area contributed by atoms with Crippen LogP contribution in [0.5, 0.6) is 0 Å². The van der Waals surface area contributed by atoms with E-state index in [1.165, 1.54) is 11.3 Å². The first kappa shape index (κ1) is 14.7. The smallest absolute Gasteiger partial charge is 0.341 e. The molecule has 0 spiro atoms. The van der Waals surface area contributed by atoms with E-state index in [0.29, 0.717) is 17.2 Å². The lowest BCUT2D eigenvalue weighted by atomic mass is 10.3. The van der Waals surface area contributed by atoms with Gasteiger partial charge in [0.05, 0.1) is 18.3 Å². The van der Waals surface area contributed by atoms with E-state index < -0.39 is 5.97 Å². The summed E-state index contributed by atoms with van der Waals surface area (Å²) in [5.74, 6) is -0.712. The number of rotatable bonds is 6. The second-order valence-electron chi connectivity index (χ2n) is 3.79. The highest BCUT2D eigenvalue weighted by atomic mass is 32.1. The molecule has 0 saturated carbocycles. The van der Waals surface area contributed by atoms with E-state index in [1.54, 1.807) is 18.4 Å². The number of hydrogen-bond donors (Lipinski definition) is 1. The molecule has 1 amide bonds. The molecule has 1 aromatic heterocycles. The lowest BCUT2D eigenvalue weighted by Crippen LogP contribution is -2.21. The van der Waals surface area contributed by atoms with E-state index >= 15 is 0 Å². The number of esters is 1. The minimum Gasteiger partial charge on any atom is -0.462 e. The second-order valence-corrected chi connectivity index (χ2v) is 4.71. The third-order valence-electron chi connectivity index (χ3n) is 1.96. The van der Waals surface area contributed by atoms with E-state index in [4.69, 9.17) is 9.47 Å². The molecule has 5 nitrogen and oxygen atoms in total. The van der Waals surface area contributed by atoms with Crippen LogP contribution in [0.3, 0.4) is 0 Å². The van der Waals surface area contributed by atoms with Crippen LogP contribution in [0.1, 0.15) is 31.1 Å². The highest BCUT2D eigenvalue weighted by Gasteiger charge is 2.16. The van der Waals surface area contributed by atoms with Gasteiger partial charge in [-0.05, 0) is 32.2 Å². The Morgan fingerprint density at radius 2 is 2.17 bits per heavy atom. The number of carbonyl (C=O) groups is 2. The summed E-state index contributed by atoms with van der Waals surface area (Å²) < 4.78 is 10.1. The minimum absolute atomic E-state index is 0.0105. The molecule has 0 aliphatic rings. The fourth-order valence-corrected chi connectivity index (χ4v) is 1.97. The molecule has 0 fully saturated rings. The fourth-order valence-electron chi connectivity index (χ4n) is 1.18. The van der Waals surface area contributed by atoms with Gasteiger partial charge < -0.3 is 14.8 Å². The molecule has 0 atom stereocenters. The molecule has 1 rings (SSSR count). The van der Waals surface area contributed by atoms with Crippen LogP contribution in [-0.2, 0) is 14.3 Å². The number of ether oxygens (including phenoxy) is 2. The number of amides is 1. The summed E-state index contributed by atoms with van der Waals surface area (Å²) in [5.41, 5.74) is 0.375. The molecule has 0 bridgehead atoms. The Morgan fingerprint density at radius 3 is 2.78 bits per heavy atom. The lowest BCUT2D eigenvalue weighted by Gasteiger charge is -2.08. The minimum atomic E-state index is -0.432. The predicted octanol–water partition coefficient (Wildman–Crippen LogP) is 2.29. The van der Waals surface area contributed by atoms with Crippen molar-refractivity contribution in [3.05, 3.63) is 17.0 Å². The molecule has 1 aromatic rings. The lowest BCUT2D eigenvalue weighted by molar-refractivity contribution is -0.121. The molecule has 0 saturated heterocycles. The molecule has 18 heavy (non-hydrogen) atoms. The summed E-state index contributed by atoms with van der Waals surface area (Å²) in [5, 5.41) is 4.86. The molecule has 100 valence electrons. The van der Waals surface area contributed by atoms with Crippen LogP contribution in [0, 0.1) is 0 Å². The molecule has 6 heteroatoms. The quantitative estimate of drug-likeness (QED) is 0.806. The average molecular weight is 271 g/mol. The van der Waals surface area contributed by atoms with Gasteiger partial charge in [0, 0.05) is 0 Å². The number of carbonyl (C=O) groups excluding carboxylic acids is 2. The van der Waals surface area contributed by atoms with Gasteiger partial charge in [-0.3, -0.25) is 4.79 Å². The summed E-state index contributed by atoms with van der Waals surface area (Å²) in [6.07, 6.45) is -0.0105. The van der Waals surface area contributed by atoms with Crippen molar-refractivity contribution in [1.29, 1.82) is 0 Å². The molecule has 1 heterocycles. The van der Waals surface area contributed by atoms with Crippen molar-refractivity contribution in [2.75, 3.05) is 18.5 Å². The molecular formula is C12H17NO4S. The molecule has 0 radical (unpaired) electrons. The molecule has 1 N–H and O–H groups in total. The third kappa shape index (κ3) is 4.46. The molecule has 0 aliphatic carbocycles. The van der Waals surface area contributed by atoms with Crippen LogP contribution in [0.25, 0.3) is 0 Å². The van der Waals surface area contributed by atoms with Crippen molar-refractivity contribution >= 4 is 28.2 Å². The highest BCUT2D eigenvalue weighted by molar-refractivity contribution is 7.14. The maximum atomic E-state index is 11.6. The van der Waals surface area contributed by atoms with Gasteiger partial charge in [-0.25, -0.2) is 4.79 Å². The van der Waals surface area contributed by atoms with Gasteiger partial charge in [0.25, 0.3) is 5.91 Å². The van der Waals surface area contributed by atoms with Crippen molar-refractivity contribution in [1.82, 2.24) is 0 Å². The van der Waals surface area contributed by atoms with E-state index in [0.717, 1.165) is 0 Å². The van der Waals surface area contributed by atoms with Gasteiger partial charge in [-0.2, -0.15) is 0 Å². The van der Waals surface area contributed by atoms with E-state index in [2.05, 4.69) is 5.32 Å². The normalized spacial score (nSPS) is 10.4. The zero-order chi connectivity index (χ0) is 13.5. The van der Waals surface area contributed by atoms with Crippen LogP contribution in [0.15, 0.2) is 11.4 Å². The van der Waals surface area contributed by atoms with Gasteiger partial charge in [0.15, 0.2) is 0 Å². The first-order valence-corrected chi connectivity index (χ1v) is 6.58. The molecular weight excluding hydrogens is 254 g/mol. The second kappa shape index (κ2) is 7.13. The first-order valence-electron chi connectivity index (χ1n) is 5.70. The largest absolute Gasteiger partial charge is 0.462 e. The summed E-state index contributed by atoms with van der Waals surface area (Å²) in [6.45, 7) is 5.71. The van der Waals surface area contributed by atoms with Crippen LogP contribution in [0.2, 0.25) is 0 Å². The summed E-state index contributed by atoms with van der Waals surface area (Å²) in [7, 11) is 0. The number of thiophene rings is 1. The number of anilines is 1. The Hall–Kier alpha value is -1.40. The fraction of sp³-hybridized carbons (Fsp3) is 0.500. The van der Waals surface area contributed by atoms with E-state index in [1.807, 2.05) is 13.8 Å². The van der Waals surface area contributed by atoms with E-state index in [9.17, 15) is 9.59 Å². The van der Waals surface area contributed by atoms with Crippen LogP contribution in [-0.4, -0.2) is 31.2 Å². The highest BCUT2D eigenvalue weighted by Crippen LogP contribution is 2.23. The van der Waals surface area contributed by atoms with Gasteiger partial charge in [0.1, 0.15) is 11.6 Å². The van der Waals surface area contributed by atoms with Crippen LogP contribution < -0.4 is 5.32 Å². The summed E-state index contributed by atoms with van der Waals surface area (Å²) >= 11 is 1.28. The van der Waals surface area contributed by atoms with E-state index in [-0.39, 0.29) is 18.6 Å². The van der Waals surface area contributed by atoms with Gasteiger partial charge >= 0.3 is 5.97 Å². The molecule has 0 aliphatic heterocycles. The Bertz CT molecular complexity index is 414. The standard InChI is InChI=1S/C12H17NO4S/c1-4-16-12(15)9-5-6-18-11(9)13-10(14)7-17-8(2)3/h5-6,8H,4,7H2,1-3H3,(H,13,14).